The second-order valence-corrected chi connectivity index (χ2v) is 10.4. The molecule has 168 valence electrons. The second kappa shape index (κ2) is 8.02. The van der Waals surface area contributed by atoms with E-state index in [9.17, 15) is 9.59 Å². The Kier molecular flexibility index (Phi) is 5.31. The van der Waals surface area contributed by atoms with Gasteiger partial charge in [0.05, 0.1) is 5.41 Å². The van der Waals surface area contributed by atoms with E-state index >= 15 is 0 Å². The number of benzene rings is 1. The number of rotatable bonds is 5. The molecule has 2 saturated carbocycles. The normalized spacial score (nSPS) is 25.8. The van der Waals surface area contributed by atoms with Crippen molar-refractivity contribution in [3.63, 3.8) is 0 Å². The fourth-order valence-corrected chi connectivity index (χ4v) is 6.13. The molecule has 1 spiro atoms. The van der Waals surface area contributed by atoms with Crippen LogP contribution in [-0.2, 0) is 16.0 Å². The van der Waals surface area contributed by atoms with Gasteiger partial charge < -0.3 is 9.80 Å². The number of nitrogens with zero attached hydrogens (tertiary/aromatic N) is 3. The lowest BCUT2D eigenvalue weighted by molar-refractivity contribution is -0.148. The zero-order chi connectivity index (χ0) is 22.3. The molecule has 2 aliphatic carbocycles. The zero-order valence-corrected chi connectivity index (χ0v) is 19.2. The Labute approximate surface area is 190 Å². The largest absolute Gasteiger partial charge is 0.348 e. The summed E-state index contributed by atoms with van der Waals surface area (Å²) in [5.41, 5.74) is 3.05. The molecule has 1 saturated heterocycles. The SMILES string of the molecule is CN(C)C(=O)[C@]1(Cc2ccccc2-c2cccnc2)CCCN(C(=O)[C@@H]2CC23CCC3)C1. The third-order valence-corrected chi connectivity index (χ3v) is 8.10. The van der Waals surface area contributed by atoms with E-state index in [-0.39, 0.29) is 11.8 Å². The summed E-state index contributed by atoms with van der Waals surface area (Å²) in [7, 11) is 3.67. The quantitative estimate of drug-likeness (QED) is 0.714. The summed E-state index contributed by atoms with van der Waals surface area (Å²) in [6.45, 7) is 1.30. The van der Waals surface area contributed by atoms with Gasteiger partial charge in [0.15, 0.2) is 0 Å². The van der Waals surface area contributed by atoms with Crippen LogP contribution in [0.3, 0.4) is 0 Å². The first-order valence-electron chi connectivity index (χ1n) is 11.9. The first-order valence-corrected chi connectivity index (χ1v) is 11.9. The summed E-state index contributed by atoms with van der Waals surface area (Å²) >= 11 is 0. The molecule has 0 N–H and O–H groups in total. The highest BCUT2D eigenvalue weighted by Crippen LogP contribution is 2.66. The molecular formula is C27H33N3O2. The molecule has 0 unspecified atom stereocenters. The van der Waals surface area contributed by atoms with Crippen LogP contribution in [-0.4, -0.2) is 53.8 Å². The van der Waals surface area contributed by atoms with Gasteiger partial charge in [0.1, 0.15) is 0 Å². The molecule has 2 amide bonds. The fourth-order valence-electron chi connectivity index (χ4n) is 6.13. The highest BCUT2D eigenvalue weighted by atomic mass is 16.2. The van der Waals surface area contributed by atoms with Crippen LogP contribution in [0.1, 0.15) is 44.1 Å². The van der Waals surface area contributed by atoms with Crippen LogP contribution < -0.4 is 0 Å². The Morgan fingerprint density at radius 2 is 1.91 bits per heavy atom. The smallest absolute Gasteiger partial charge is 0.230 e. The van der Waals surface area contributed by atoms with E-state index in [2.05, 4.69) is 23.2 Å². The molecule has 5 nitrogen and oxygen atoms in total. The first kappa shape index (κ1) is 21.2. The highest BCUT2D eigenvalue weighted by molar-refractivity contribution is 5.87. The first-order chi connectivity index (χ1) is 15.4. The van der Waals surface area contributed by atoms with Crippen LogP contribution in [0.4, 0.5) is 0 Å². The lowest BCUT2D eigenvalue weighted by atomic mass is 9.72. The number of carbonyl (C=O) groups excluding carboxylic acids is 2. The summed E-state index contributed by atoms with van der Waals surface area (Å²) in [5, 5.41) is 0. The van der Waals surface area contributed by atoms with Gasteiger partial charge in [-0.25, -0.2) is 0 Å². The van der Waals surface area contributed by atoms with Crippen molar-refractivity contribution in [3.8, 4) is 11.1 Å². The number of aromatic nitrogens is 1. The van der Waals surface area contributed by atoms with E-state index in [1.54, 1.807) is 11.1 Å². The van der Waals surface area contributed by atoms with Gasteiger partial charge in [-0.2, -0.15) is 0 Å². The summed E-state index contributed by atoms with van der Waals surface area (Å²) in [5.74, 6) is 0.621. The molecule has 2 atom stereocenters. The van der Waals surface area contributed by atoms with Crippen LogP contribution >= 0.6 is 0 Å². The number of amides is 2. The van der Waals surface area contributed by atoms with Crippen LogP contribution in [0.2, 0.25) is 0 Å². The summed E-state index contributed by atoms with van der Waals surface area (Å²) in [6.07, 6.45) is 10.7. The van der Waals surface area contributed by atoms with Crippen molar-refractivity contribution in [1.29, 1.82) is 0 Å². The maximum atomic E-state index is 13.6. The zero-order valence-electron chi connectivity index (χ0n) is 19.2. The van der Waals surface area contributed by atoms with Crippen molar-refractivity contribution >= 4 is 11.8 Å². The van der Waals surface area contributed by atoms with Gasteiger partial charge in [-0.1, -0.05) is 36.8 Å². The average Bonchev–Trinajstić information content (AvgIpc) is 3.56. The Balaban J connectivity index is 1.44. The third kappa shape index (κ3) is 3.62. The number of pyridine rings is 1. The van der Waals surface area contributed by atoms with Crippen molar-refractivity contribution in [2.45, 2.75) is 44.9 Å². The Morgan fingerprint density at radius 1 is 1.09 bits per heavy atom. The summed E-state index contributed by atoms with van der Waals surface area (Å²) in [6, 6.07) is 12.3. The number of piperidine rings is 1. The Hall–Kier alpha value is -2.69. The van der Waals surface area contributed by atoms with Crippen molar-refractivity contribution in [2.24, 2.45) is 16.7 Å². The average molecular weight is 432 g/mol. The molecule has 5 heteroatoms. The van der Waals surface area contributed by atoms with Crippen LogP contribution in [0, 0.1) is 16.7 Å². The highest BCUT2D eigenvalue weighted by Gasteiger charge is 2.62. The van der Waals surface area contributed by atoms with E-state index < -0.39 is 5.41 Å². The number of hydrogen-bond acceptors (Lipinski definition) is 3. The van der Waals surface area contributed by atoms with Gasteiger partial charge in [0, 0.05) is 51.1 Å². The lowest BCUT2D eigenvalue weighted by Gasteiger charge is -2.44. The molecule has 2 aromatic rings. The standard InChI is InChI=1S/C27H33N3O2/c1-29(2)25(32)27(16-20-8-3-4-10-22(20)21-9-5-14-28-18-21)13-7-15-30(19-27)24(31)23-17-26(23)11-6-12-26/h3-5,8-10,14,18,23H,6-7,11-13,15-17,19H2,1-2H3/t23-,27-/m0/s1. The number of likely N-dealkylation sites (tertiary alicyclic amines) is 1. The van der Waals surface area contributed by atoms with Gasteiger partial charge in [0.2, 0.25) is 11.8 Å². The van der Waals surface area contributed by atoms with Crippen molar-refractivity contribution in [3.05, 3.63) is 54.4 Å². The predicted octanol–water partition coefficient (Wildman–Crippen LogP) is 4.18. The predicted molar refractivity (Wildman–Crippen MR) is 125 cm³/mol. The van der Waals surface area contributed by atoms with E-state index in [4.69, 9.17) is 0 Å². The molecule has 0 radical (unpaired) electrons. The van der Waals surface area contributed by atoms with E-state index in [1.807, 2.05) is 43.4 Å². The van der Waals surface area contributed by atoms with Crippen molar-refractivity contribution in [2.75, 3.05) is 27.2 Å². The maximum absolute atomic E-state index is 13.6. The van der Waals surface area contributed by atoms with Crippen LogP contribution in [0.15, 0.2) is 48.8 Å². The molecule has 3 fully saturated rings. The summed E-state index contributed by atoms with van der Waals surface area (Å²) in [4.78, 5) is 35.0. The molecule has 32 heavy (non-hydrogen) atoms. The van der Waals surface area contributed by atoms with Gasteiger partial charge in [-0.05, 0) is 61.1 Å². The minimum atomic E-state index is -0.586. The fraction of sp³-hybridized carbons (Fsp3) is 0.519. The Morgan fingerprint density at radius 3 is 2.56 bits per heavy atom. The second-order valence-electron chi connectivity index (χ2n) is 10.4. The summed E-state index contributed by atoms with van der Waals surface area (Å²) < 4.78 is 0. The van der Waals surface area contributed by atoms with Gasteiger partial charge in [0.25, 0.3) is 0 Å². The molecule has 2 heterocycles. The Bertz CT molecular complexity index is 1010. The van der Waals surface area contributed by atoms with Crippen molar-refractivity contribution < 1.29 is 9.59 Å². The molecule has 1 aliphatic heterocycles. The minimum Gasteiger partial charge on any atom is -0.348 e. The molecule has 0 bridgehead atoms. The molecule has 5 rings (SSSR count). The maximum Gasteiger partial charge on any atom is 0.230 e. The van der Waals surface area contributed by atoms with Gasteiger partial charge in [-0.15, -0.1) is 0 Å². The number of hydrogen-bond donors (Lipinski definition) is 0. The number of carbonyl (C=O) groups is 2. The van der Waals surface area contributed by atoms with E-state index in [1.165, 1.54) is 19.3 Å². The molecule has 3 aliphatic rings. The minimum absolute atomic E-state index is 0.130. The topological polar surface area (TPSA) is 53.5 Å². The molecular weight excluding hydrogens is 398 g/mol. The third-order valence-electron chi connectivity index (χ3n) is 8.10. The monoisotopic (exact) mass is 431 g/mol. The molecule has 1 aromatic heterocycles. The van der Waals surface area contributed by atoms with E-state index in [0.717, 1.165) is 42.5 Å². The molecule has 1 aromatic carbocycles. The lowest BCUT2D eigenvalue weighted by Crippen LogP contribution is -2.54. The van der Waals surface area contributed by atoms with Crippen LogP contribution in [0.25, 0.3) is 11.1 Å². The van der Waals surface area contributed by atoms with E-state index in [0.29, 0.717) is 24.3 Å². The van der Waals surface area contributed by atoms with Crippen LogP contribution in [0.5, 0.6) is 0 Å². The van der Waals surface area contributed by atoms with Crippen molar-refractivity contribution in [1.82, 2.24) is 14.8 Å². The van der Waals surface area contributed by atoms with Gasteiger partial charge in [-0.3, -0.25) is 14.6 Å². The van der Waals surface area contributed by atoms with Gasteiger partial charge >= 0.3 is 0 Å².